The first-order valence-corrected chi connectivity index (χ1v) is 4.50. The number of carbonyl (C=O) groups is 1. The van der Waals surface area contributed by atoms with Gasteiger partial charge in [-0.3, -0.25) is 4.79 Å². The number of carbonyl (C=O) groups excluding carboxylic acids is 1. The smallest absolute Gasteiger partial charge is 0.269 e. The minimum Gasteiger partial charge on any atom is -0.389 e. The third-order valence-corrected chi connectivity index (χ3v) is 1.64. The topological polar surface area (TPSA) is 62.2 Å². The number of hydrogen-bond acceptors (Lipinski definition) is 3. The molecule has 0 radical (unpaired) electrons. The van der Waals surface area contributed by atoms with Gasteiger partial charge in [0.25, 0.3) is 5.91 Å². The maximum absolute atomic E-state index is 12.5. The summed E-state index contributed by atoms with van der Waals surface area (Å²) >= 11 is 0. The van der Waals surface area contributed by atoms with Gasteiger partial charge in [0, 0.05) is 6.54 Å². The zero-order valence-electron chi connectivity index (χ0n) is 8.62. The molecule has 1 heterocycles. The molecule has 1 rings (SSSR count). The Labute approximate surface area is 87.1 Å². The van der Waals surface area contributed by atoms with Gasteiger partial charge in [-0.25, -0.2) is 9.37 Å². The van der Waals surface area contributed by atoms with Crippen molar-refractivity contribution in [1.29, 1.82) is 0 Å². The molecular weight excluding hydrogens is 199 g/mol. The third kappa shape index (κ3) is 4.03. The Morgan fingerprint density at radius 2 is 2.27 bits per heavy atom. The van der Waals surface area contributed by atoms with Crippen LogP contribution in [0.5, 0.6) is 0 Å². The molecule has 0 atom stereocenters. The van der Waals surface area contributed by atoms with Crippen LogP contribution in [0.25, 0.3) is 0 Å². The summed E-state index contributed by atoms with van der Waals surface area (Å²) < 4.78 is 12.5. The van der Waals surface area contributed by atoms with E-state index in [1.807, 2.05) is 0 Å². The van der Waals surface area contributed by atoms with Crippen LogP contribution in [0.2, 0.25) is 0 Å². The fourth-order valence-electron chi connectivity index (χ4n) is 0.897. The number of aromatic nitrogens is 1. The van der Waals surface area contributed by atoms with Crippen LogP contribution < -0.4 is 5.32 Å². The van der Waals surface area contributed by atoms with Crippen LogP contribution >= 0.6 is 0 Å². The number of aliphatic hydroxyl groups is 1. The van der Waals surface area contributed by atoms with E-state index in [4.69, 9.17) is 0 Å². The molecule has 0 saturated heterocycles. The highest BCUT2D eigenvalue weighted by molar-refractivity contribution is 5.92. The quantitative estimate of drug-likeness (QED) is 0.776. The van der Waals surface area contributed by atoms with E-state index in [1.165, 1.54) is 6.07 Å². The molecule has 2 N–H and O–H groups in total. The van der Waals surface area contributed by atoms with E-state index < -0.39 is 17.3 Å². The lowest BCUT2D eigenvalue weighted by atomic mass is 10.1. The van der Waals surface area contributed by atoms with Crippen molar-refractivity contribution in [3.63, 3.8) is 0 Å². The third-order valence-electron chi connectivity index (χ3n) is 1.64. The minimum atomic E-state index is -0.976. The molecule has 0 aliphatic rings. The first-order chi connectivity index (χ1) is 6.88. The first-order valence-electron chi connectivity index (χ1n) is 4.50. The van der Waals surface area contributed by atoms with Crippen LogP contribution in [0.3, 0.4) is 0 Å². The Morgan fingerprint density at radius 3 is 2.73 bits per heavy atom. The molecule has 82 valence electrons. The lowest BCUT2D eigenvalue weighted by Gasteiger charge is -2.17. The van der Waals surface area contributed by atoms with Gasteiger partial charge in [-0.05, 0) is 26.0 Å². The molecule has 0 aliphatic heterocycles. The van der Waals surface area contributed by atoms with Gasteiger partial charge < -0.3 is 10.4 Å². The molecule has 0 fully saturated rings. The second kappa shape index (κ2) is 4.35. The lowest BCUT2D eigenvalue weighted by Crippen LogP contribution is -2.38. The maximum Gasteiger partial charge on any atom is 0.269 e. The van der Waals surface area contributed by atoms with Crippen molar-refractivity contribution >= 4 is 5.91 Å². The molecular formula is C10H13FN2O2. The van der Waals surface area contributed by atoms with Crippen molar-refractivity contribution < 1.29 is 14.3 Å². The molecule has 4 nitrogen and oxygen atoms in total. The highest BCUT2D eigenvalue weighted by Gasteiger charge is 2.15. The molecule has 0 aromatic carbocycles. The number of hydrogen-bond donors (Lipinski definition) is 2. The van der Waals surface area contributed by atoms with E-state index in [-0.39, 0.29) is 12.2 Å². The normalized spacial score (nSPS) is 11.2. The molecule has 1 amide bonds. The Morgan fingerprint density at radius 1 is 1.60 bits per heavy atom. The van der Waals surface area contributed by atoms with Crippen LogP contribution in [0, 0.1) is 5.82 Å². The van der Waals surface area contributed by atoms with Gasteiger partial charge in [-0.1, -0.05) is 0 Å². The van der Waals surface area contributed by atoms with Gasteiger partial charge >= 0.3 is 0 Å². The van der Waals surface area contributed by atoms with Gasteiger partial charge in [0.1, 0.15) is 11.5 Å². The summed E-state index contributed by atoms with van der Waals surface area (Å²) in [5.41, 5.74) is -0.851. The second-order valence-corrected chi connectivity index (χ2v) is 3.86. The number of halogens is 1. The standard InChI is InChI=1S/C10H13FN2O2/c1-10(2,15)6-13-9(14)8-4-3-7(11)5-12-8/h3-5,15H,6H2,1-2H3,(H,13,14). The van der Waals surface area contributed by atoms with Gasteiger partial charge in [-0.2, -0.15) is 0 Å². The second-order valence-electron chi connectivity index (χ2n) is 3.86. The van der Waals surface area contributed by atoms with E-state index in [1.54, 1.807) is 13.8 Å². The average Bonchev–Trinajstić information content (AvgIpc) is 2.14. The fourth-order valence-corrected chi connectivity index (χ4v) is 0.897. The summed E-state index contributed by atoms with van der Waals surface area (Å²) in [7, 11) is 0. The van der Waals surface area contributed by atoms with Gasteiger partial charge in [-0.15, -0.1) is 0 Å². The van der Waals surface area contributed by atoms with E-state index in [9.17, 15) is 14.3 Å². The summed E-state index contributed by atoms with van der Waals surface area (Å²) in [6.07, 6.45) is 0.971. The molecule has 0 saturated carbocycles. The SMILES string of the molecule is CC(C)(O)CNC(=O)c1ccc(F)cn1. The summed E-state index contributed by atoms with van der Waals surface area (Å²) in [4.78, 5) is 15.0. The summed E-state index contributed by atoms with van der Waals surface area (Å²) in [5.74, 6) is -0.925. The van der Waals surface area contributed by atoms with Crippen LogP contribution in [0.4, 0.5) is 4.39 Å². The molecule has 0 aliphatic carbocycles. The van der Waals surface area contributed by atoms with Crippen LogP contribution in [0.1, 0.15) is 24.3 Å². The van der Waals surface area contributed by atoms with E-state index >= 15 is 0 Å². The number of pyridine rings is 1. The van der Waals surface area contributed by atoms with Gasteiger partial charge in [0.05, 0.1) is 11.8 Å². The first kappa shape index (κ1) is 11.6. The van der Waals surface area contributed by atoms with Crippen LogP contribution in [0.15, 0.2) is 18.3 Å². The van der Waals surface area contributed by atoms with E-state index in [2.05, 4.69) is 10.3 Å². The number of rotatable bonds is 3. The van der Waals surface area contributed by atoms with Crippen LogP contribution in [-0.4, -0.2) is 28.1 Å². The van der Waals surface area contributed by atoms with Crippen molar-refractivity contribution in [1.82, 2.24) is 10.3 Å². The fraction of sp³-hybridized carbons (Fsp3) is 0.400. The Balaban J connectivity index is 2.58. The van der Waals surface area contributed by atoms with Crippen molar-refractivity contribution in [2.24, 2.45) is 0 Å². The molecule has 0 spiro atoms. The van der Waals surface area contributed by atoms with E-state index in [0.717, 1.165) is 12.3 Å². The van der Waals surface area contributed by atoms with Gasteiger partial charge in [0.2, 0.25) is 0 Å². The highest BCUT2D eigenvalue weighted by atomic mass is 19.1. The summed E-state index contributed by atoms with van der Waals surface area (Å²) in [5, 5.41) is 11.8. The van der Waals surface area contributed by atoms with Crippen molar-refractivity contribution in [3.05, 3.63) is 29.8 Å². The van der Waals surface area contributed by atoms with Crippen molar-refractivity contribution in [2.45, 2.75) is 19.4 Å². The molecule has 1 aromatic heterocycles. The Bertz CT molecular complexity index is 343. The maximum atomic E-state index is 12.5. The lowest BCUT2D eigenvalue weighted by molar-refractivity contribution is 0.0692. The number of amides is 1. The monoisotopic (exact) mass is 212 g/mol. The van der Waals surface area contributed by atoms with E-state index in [0.29, 0.717) is 0 Å². The zero-order valence-corrected chi connectivity index (χ0v) is 8.62. The predicted molar refractivity (Wildman–Crippen MR) is 52.8 cm³/mol. The van der Waals surface area contributed by atoms with Gasteiger partial charge in [0.15, 0.2) is 0 Å². The Kier molecular flexibility index (Phi) is 3.36. The molecule has 15 heavy (non-hydrogen) atoms. The summed E-state index contributed by atoms with van der Waals surface area (Å²) in [6, 6.07) is 2.45. The summed E-state index contributed by atoms with van der Waals surface area (Å²) in [6.45, 7) is 3.27. The minimum absolute atomic E-state index is 0.116. The molecule has 1 aromatic rings. The molecule has 0 unspecified atom stereocenters. The highest BCUT2D eigenvalue weighted by Crippen LogP contribution is 2.00. The zero-order chi connectivity index (χ0) is 11.5. The number of nitrogens with one attached hydrogen (secondary N) is 1. The average molecular weight is 212 g/mol. The molecule has 0 bridgehead atoms. The Hall–Kier alpha value is -1.49. The van der Waals surface area contributed by atoms with Crippen molar-refractivity contribution in [3.8, 4) is 0 Å². The number of nitrogens with zero attached hydrogens (tertiary/aromatic N) is 1. The predicted octanol–water partition coefficient (Wildman–Crippen LogP) is 0.721. The largest absolute Gasteiger partial charge is 0.389 e. The van der Waals surface area contributed by atoms with Crippen LogP contribution in [-0.2, 0) is 0 Å². The molecule has 5 heteroatoms. The van der Waals surface area contributed by atoms with Crippen molar-refractivity contribution in [2.75, 3.05) is 6.54 Å².